The molecule has 0 aliphatic rings. The molecule has 0 N–H and O–H groups in total. The van der Waals surface area contributed by atoms with Gasteiger partial charge in [-0.05, 0) is 6.92 Å². The van der Waals surface area contributed by atoms with Gasteiger partial charge in [0.05, 0.1) is 21.8 Å². The number of nitrogens with zero attached hydrogens (tertiary/aromatic N) is 2. The van der Waals surface area contributed by atoms with Gasteiger partial charge in [0.25, 0.3) is 6.43 Å². The monoisotopic (exact) mass is 202 g/mol. The van der Waals surface area contributed by atoms with Crippen LogP contribution in [0.15, 0.2) is 6.20 Å². The molecule has 1 rings (SSSR count). The van der Waals surface area contributed by atoms with E-state index in [0.717, 1.165) is 6.20 Å². The van der Waals surface area contributed by atoms with E-state index >= 15 is 0 Å². The van der Waals surface area contributed by atoms with E-state index in [2.05, 4.69) is 4.98 Å². The lowest BCUT2D eigenvalue weighted by Crippen LogP contribution is -1.95. The number of aryl methyl sites for hydroxylation is 1. The summed E-state index contributed by atoms with van der Waals surface area (Å²) in [5.41, 5.74) is -0.0276. The standard InChI is InChI=1S/C8H5ClF2N2/c1-4-5(2-12)7(9)6(3-13-4)8(10)11/h3,8H,1H3. The molecule has 0 bridgehead atoms. The molecule has 1 aromatic rings. The molecule has 2 nitrogen and oxygen atoms in total. The summed E-state index contributed by atoms with van der Waals surface area (Å²) in [6.45, 7) is 1.54. The average molecular weight is 203 g/mol. The fourth-order valence-corrected chi connectivity index (χ4v) is 1.18. The molecule has 13 heavy (non-hydrogen) atoms. The molecular formula is C8H5ClF2N2. The van der Waals surface area contributed by atoms with Gasteiger partial charge >= 0.3 is 0 Å². The lowest BCUT2D eigenvalue weighted by molar-refractivity contribution is 0.151. The molecule has 0 radical (unpaired) electrons. The van der Waals surface area contributed by atoms with Crippen LogP contribution in [0.3, 0.4) is 0 Å². The number of aromatic nitrogens is 1. The molecule has 1 heterocycles. The third-order valence-corrected chi connectivity index (χ3v) is 1.99. The number of nitriles is 1. The van der Waals surface area contributed by atoms with E-state index in [9.17, 15) is 8.78 Å². The summed E-state index contributed by atoms with van der Waals surface area (Å²) in [7, 11) is 0. The largest absolute Gasteiger partial charge is 0.266 e. The van der Waals surface area contributed by atoms with Crippen molar-refractivity contribution >= 4 is 11.6 Å². The Morgan fingerprint density at radius 2 is 2.23 bits per heavy atom. The number of alkyl halides is 2. The van der Waals surface area contributed by atoms with E-state index in [4.69, 9.17) is 16.9 Å². The van der Waals surface area contributed by atoms with Crippen LogP contribution in [-0.2, 0) is 0 Å². The zero-order valence-electron chi connectivity index (χ0n) is 6.68. The van der Waals surface area contributed by atoms with Crippen molar-refractivity contribution < 1.29 is 8.78 Å². The van der Waals surface area contributed by atoms with Crippen molar-refractivity contribution in [1.82, 2.24) is 4.98 Å². The molecule has 0 spiro atoms. The highest BCUT2D eigenvalue weighted by Crippen LogP contribution is 2.29. The van der Waals surface area contributed by atoms with E-state index < -0.39 is 12.0 Å². The second kappa shape index (κ2) is 3.67. The summed E-state index contributed by atoms with van der Waals surface area (Å²) >= 11 is 5.57. The van der Waals surface area contributed by atoms with Gasteiger partial charge in [-0.2, -0.15) is 5.26 Å². The average Bonchev–Trinajstić information content (AvgIpc) is 2.04. The van der Waals surface area contributed by atoms with Crippen LogP contribution in [0.25, 0.3) is 0 Å². The highest BCUT2D eigenvalue weighted by Gasteiger charge is 2.16. The molecule has 0 saturated heterocycles. The molecule has 0 aromatic carbocycles. The zero-order chi connectivity index (χ0) is 10.0. The molecule has 0 aliphatic heterocycles. The number of pyridine rings is 1. The maximum absolute atomic E-state index is 12.2. The minimum Gasteiger partial charge on any atom is -0.260 e. The van der Waals surface area contributed by atoms with Gasteiger partial charge in [0, 0.05) is 6.20 Å². The SMILES string of the molecule is Cc1ncc(C(F)F)c(Cl)c1C#N. The Hall–Kier alpha value is -1.21. The van der Waals surface area contributed by atoms with Crippen molar-refractivity contribution in [3.8, 4) is 6.07 Å². The molecule has 1 aromatic heterocycles. The molecule has 0 saturated carbocycles. The van der Waals surface area contributed by atoms with Gasteiger partial charge in [-0.25, -0.2) is 8.78 Å². The second-order valence-corrected chi connectivity index (χ2v) is 2.78. The predicted octanol–water partition coefficient (Wildman–Crippen LogP) is 2.85. The molecule has 0 aliphatic carbocycles. The Morgan fingerprint density at radius 1 is 1.62 bits per heavy atom. The van der Waals surface area contributed by atoms with Crippen LogP contribution in [-0.4, -0.2) is 4.98 Å². The zero-order valence-corrected chi connectivity index (χ0v) is 7.44. The van der Waals surface area contributed by atoms with E-state index in [0.29, 0.717) is 5.69 Å². The molecule has 0 fully saturated rings. The van der Waals surface area contributed by atoms with Crippen molar-refractivity contribution in [3.63, 3.8) is 0 Å². The highest BCUT2D eigenvalue weighted by molar-refractivity contribution is 6.32. The summed E-state index contributed by atoms with van der Waals surface area (Å²) < 4.78 is 24.5. The van der Waals surface area contributed by atoms with Gasteiger partial charge in [0.2, 0.25) is 0 Å². The van der Waals surface area contributed by atoms with Crippen LogP contribution in [0, 0.1) is 18.3 Å². The van der Waals surface area contributed by atoms with Crippen molar-refractivity contribution in [3.05, 3.63) is 28.0 Å². The Balaban J connectivity index is 3.38. The Kier molecular flexibility index (Phi) is 2.79. The molecule has 0 atom stereocenters. The Morgan fingerprint density at radius 3 is 2.69 bits per heavy atom. The van der Waals surface area contributed by atoms with Crippen LogP contribution in [0.5, 0.6) is 0 Å². The highest BCUT2D eigenvalue weighted by atomic mass is 35.5. The minimum absolute atomic E-state index is 0.0134. The summed E-state index contributed by atoms with van der Waals surface area (Å²) in [6, 6.07) is 1.73. The van der Waals surface area contributed by atoms with Gasteiger partial charge in [0.15, 0.2) is 0 Å². The van der Waals surface area contributed by atoms with Gasteiger partial charge < -0.3 is 0 Å². The molecule has 68 valence electrons. The smallest absolute Gasteiger partial charge is 0.260 e. The molecular weight excluding hydrogens is 198 g/mol. The van der Waals surface area contributed by atoms with Crippen molar-refractivity contribution in [2.75, 3.05) is 0 Å². The minimum atomic E-state index is -2.70. The van der Waals surface area contributed by atoms with Gasteiger partial charge in [-0.1, -0.05) is 11.6 Å². The predicted molar refractivity (Wildman–Crippen MR) is 43.7 cm³/mol. The van der Waals surface area contributed by atoms with E-state index in [1.165, 1.54) is 0 Å². The van der Waals surface area contributed by atoms with Gasteiger partial charge in [-0.3, -0.25) is 4.98 Å². The third kappa shape index (κ3) is 1.76. The number of halogens is 3. The van der Waals surface area contributed by atoms with Crippen molar-refractivity contribution in [2.45, 2.75) is 13.3 Å². The Bertz CT molecular complexity index is 371. The number of rotatable bonds is 1. The summed E-state index contributed by atoms with van der Waals surface area (Å²) in [6.07, 6.45) is -1.71. The Labute approximate surface area is 78.8 Å². The normalized spacial score (nSPS) is 10.2. The fraction of sp³-hybridized carbons (Fsp3) is 0.250. The first-order valence-electron chi connectivity index (χ1n) is 3.41. The van der Waals surface area contributed by atoms with Crippen molar-refractivity contribution in [2.24, 2.45) is 0 Å². The first-order chi connectivity index (χ1) is 6.07. The second-order valence-electron chi connectivity index (χ2n) is 2.40. The lowest BCUT2D eigenvalue weighted by atomic mass is 10.1. The first kappa shape index (κ1) is 9.87. The van der Waals surface area contributed by atoms with Crippen LogP contribution < -0.4 is 0 Å². The topological polar surface area (TPSA) is 36.7 Å². The maximum atomic E-state index is 12.2. The third-order valence-electron chi connectivity index (χ3n) is 1.58. The van der Waals surface area contributed by atoms with Crippen molar-refractivity contribution in [1.29, 1.82) is 5.26 Å². The maximum Gasteiger partial charge on any atom is 0.266 e. The number of hydrogen-bond acceptors (Lipinski definition) is 2. The van der Waals surface area contributed by atoms with Crippen LogP contribution >= 0.6 is 11.6 Å². The van der Waals surface area contributed by atoms with E-state index in [1.807, 2.05) is 0 Å². The molecule has 0 amide bonds. The van der Waals surface area contributed by atoms with Crippen LogP contribution in [0.1, 0.15) is 23.2 Å². The first-order valence-corrected chi connectivity index (χ1v) is 3.79. The quantitative estimate of drug-likeness (QED) is 0.702. The molecule has 0 unspecified atom stereocenters. The van der Waals surface area contributed by atoms with Crippen LogP contribution in [0.4, 0.5) is 8.78 Å². The van der Waals surface area contributed by atoms with E-state index in [1.54, 1.807) is 13.0 Å². The number of hydrogen-bond donors (Lipinski definition) is 0. The summed E-state index contributed by atoms with van der Waals surface area (Å²) in [5.74, 6) is 0. The van der Waals surface area contributed by atoms with E-state index in [-0.39, 0.29) is 10.6 Å². The fourth-order valence-electron chi connectivity index (χ4n) is 0.873. The lowest BCUT2D eigenvalue weighted by Gasteiger charge is -2.05. The van der Waals surface area contributed by atoms with Crippen LogP contribution in [0.2, 0.25) is 5.02 Å². The summed E-state index contributed by atoms with van der Waals surface area (Å²) in [4.78, 5) is 3.65. The van der Waals surface area contributed by atoms with Gasteiger partial charge in [-0.15, -0.1) is 0 Å². The summed E-state index contributed by atoms with van der Waals surface area (Å²) in [5, 5.41) is 8.38. The molecule has 5 heteroatoms. The van der Waals surface area contributed by atoms with Gasteiger partial charge in [0.1, 0.15) is 6.07 Å².